The smallest absolute Gasteiger partial charge is 0.134 e. The zero-order valence-electron chi connectivity index (χ0n) is 11.0. The van der Waals surface area contributed by atoms with Gasteiger partial charge >= 0.3 is 0 Å². The lowest BCUT2D eigenvalue weighted by Crippen LogP contribution is -2.10. The highest BCUT2D eigenvalue weighted by Gasteiger charge is 2.05. The van der Waals surface area contributed by atoms with E-state index in [0.717, 1.165) is 41.0 Å². The van der Waals surface area contributed by atoms with E-state index in [9.17, 15) is 0 Å². The molecule has 0 bridgehead atoms. The molecule has 0 radical (unpaired) electrons. The Kier molecular flexibility index (Phi) is 4.99. The van der Waals surface area contributed by atoms with Crippen LogP contribution in [0.1, 0.15) is 17.4 Å². The van der Waals surface area contributed by atoms with Crippen LogP contribution >= 0.6 is 22.9 Å². The maximum Gasteiger partial charge on any atom is 0.134 e. The Morgan fingerprint density at radius 1 is 1.21 bits per heavy atom. The van der Waals surface area contributed by atoms with Crippen molar-refractivity contribution in [1.82, 2.24) is 9.97 Å². The number of anilines is 2. The number of hydrogen-bond donors (Lipinski definition) is 2. The summed E-state index contributed by atoms with van der Waals surface area (Å²) in [6.07, 6.45) is 2.52. The molecule has 0 aliphatic heterocycles. The molecular formula is C13H17ClN4S. The molecule has 0 saturated carbocycles. The molecule has 2 rings (SSSR count). The summed E-state index contributed by atoms with van der Waals surface area (Å²) < 4.78 is 0.836. The van der Waals surface area contributed by atoms with Gasteiger partial charge in [-0.05, 0) is 32.4 Å². The standard InChI is InChI=1S/C13H17ClN4S/c1-3-15-12-9(2)13(18-8-17-12)16-7-6-10-4-5-11(14)19-10/h4-5,8H,3,6-7H2,1-2H3,(H2,15,16,17,18). The SMILES string of the molecule is CCNc1ncnc(NCCc2ccc(Cl)s2)c1C. The van der Waals surface area contributed by atoms with Crippen molar-refractivity contribution in [3.05, 3.63) is 33.2 Å². The molecule has 2 aromatic heterocycles. The summed E-state index contributed by atoms with van der Waals surface area (Å²) in [4.78, 5) is 9.77. The van der Waals surface area contributed by atoms with Gasteiger partial charge in [0, 0.05) is 23.5 Å². The fourth-order valence-electron chi connectivity index (χ4n) is 1.76. The molecule has 0 aromatic carbocycles. The highest BCUT2D eigenvalue weighted by Crippen LogP contribution is 2.22. The second-order valence-corrected chi connectivity index (χ2v) is 5.91. The third-order valence-corrected chi connectivity index (χ3v) is 4.01. The summed E-state index contributed by atoms with van der Waals surface area (Å²) in [6.45, 7) is 5.75. The van der Waals surface area contributed by atoms with Gasteiger partial charge in [-0.1, -0.05) is 11.6 Å². The number of aromatic nitrogens is 2. The van der Waals surface area contributed by atoms with Crippen LogP contribution in [0.4, 0.5) is 11.6 Å². The van der Waals surface area contributed by atoms with Gasteiger partial charge < -0.3 is 10.6 Å². The van der Waals surface area contributed by atoms with Crippen LogP contribution in [0, 0.1) is 6.92 Å². The molecule has 0 atom stereocenters. The maximum atomic E-state index is 5.91. The Morgan fingerprint density at radius 3 is 2.58 bits per heavy atom. The molecule has 0 saturated heterocycles. The van der Waals surface area contributed by atoms with Crippen molar-refractivity contribution in [2.24, 2.45) is 0 Å². The van der Waals surface area contributed by atoms with E-state index in [4.69, 9.17) is 11.6 Å². The topological polar surface area (TPSA) is 49.8 Å². The van der Waals surface area contributed by atoms with Crippen LogP contribution in [0.2, 0.25) is 4.34 Å². The highest BCUT2D eigenvalue weighted by atomic mass is 35.5. The molecule has 0 unspecified atom stereocenters. The van der Waals surface area contributed by atoms with E-state index in [1.807, 2.05) is 13.0 Å². The lowest BCUT2D eigenvalue weighted by atomic mass is 10.3. The lowest BCUT2D eigenvalue weighted by Gasteiger charge is -2.11. The van der Waals surface area contributed by atoms with Crippen molar-refractivity contribution in [2.75, 3.05) is 23.7 Å². The number of halogens is 1. The van der Waals surface area contributed by atoms with Crippen molar-refractivity contribution in [2.45, 2.75) is 20.3 Å². The molecule has 0 spiro atoms. The number of nitrogens with zero attached hydrogens (tertiary/aromatic N) is 2. The predicted octanol–water partition coefficient (Wildman–Crippen LogP) is 3.59. The molecule has 4 nitrogen and oxygen atoms in total. The first-order chi connectivity index (χ1) is 9.20. The first-order valence-corrected chi connectivity index (χ1v) is 7.43. The number of rotatable bonds is 6. The lowest BCUT2D eigenvalue weighted by molar-refractivity contribution is 1.00. The van der Waals surface area contributed by atoms with Gasteiger partial charge in [-0.15, -0.1) is 11.3 Å². The zero-order valence-corrected chi connectivity index (χ0v) is 12.6. The van der Waals surface area contributed by atoms with Gasteiger partial charge in [0.15, 0.2) is 0 Å². The Hall–Kier alpha value is -1.33. The van der Waals surface area contributed by atoms with Gasteiger partial charge in [-0.2, -0.15) is 0 Å². The van der Waals surface area contributed by atoms with Crippen molar-refractivity contribution >= 4 is 34.6 Å². The quantitative estimate of drug-likeness (QED) is 0.855. The van der Waals surface area contributed by atoms with Gasteiger partial charge in [0.1, 0.15) is 18.0 Å². The summed E-state index contributed by atoms with van der Waals surface area (Å²) in [6, 6.07) is 3.99. The number of hydrogen-bond acceptors (Lipinski definition) is 5. The Balaban J connectivity index is 1.94. The first-order valence-electron chi connectivity index (χ1n) is 6.24. The molecule has 2 aromatic rings. The minimum absolute atomic E-state index is 0.834. The predicted molar refractivity (Wildman–Crippen MR) is 82.5 cm³/mol. The molecule has 2 N–H and O–H groups in total. The summed E-state index contributed by atoms with van der Waals surface area (Å²) >= 11 is 7.53. The summed E-state index contributed by atoms with van der Waals surface area (Å²) in [5.74, 6) is 1.77. The normalized spacial score (nSPS) is 10.5. The van der Waals surface area contributed by atoms with Crippen molar-refractivity contribution in [3.63, 3.8) is 0 Å². The van der Waals surface area contributed by atoms with E-state index in [0.29, 0.717) is 0 Å². The van der Waals surface area contributed by atoms with Crippen molar-refractivity contribution in [1.29, 1.82) is 0 Å². The van der Waals surface area contributed by atoms with Crippen molar-refractivity contribution < 1.29 is 0 Å². The first kappa shape index (κ1) is 14.1. The average Bonchev–Trinajstić information content (AvgIpc) is 2.80. The minimum Gasteiger partial charge on any atom is -0.370 e. The molecular weight excluding hydrogens is 280 g/mol. The number of thiophene rings is 1. The van der Waals surface area contributed by atoms with Gasteiger partial charge in [0.25, 0.3) is 0 Å². The van der Waals surface area contributed by atoms with Gasteiger partial charge in [0.2, 0.25) is 0 Å². The fraction of sp³-hybridized carbons (Fsp3) is 0.385. The Bertz CT molecular complexity index is 541. The van der Waals surface area contributed by atoms with Crippen LogP contribution in [0.5, 0.6) is 0 Å². The van der Waals surface area contributed by atoms with Crippen LogP contribution in [0.15, 0.2) is 18.5 Å². The van der Waals surface area contributed by atoms with Crippen LogP contribution in [0.3, 0.4) is 0 Å². The van der Waals surface area contributed by atoms with E-state index in [1.54, 1.807) is 17.7 Å². The second kappa shape index (κ2) is 6.73. The second-order valence-electron chi connectivity index (χ2n) is 4.11. The molecule has 6 heteroatoms. The molecule has 0 fully saturated rings. The van der Waals surface area contributed by atoms with Gasteiger partial charge in [0.05, 0.1) is 4.34 Å². The van der Waals surface area contributed by atoms with Crippen molar-refractivity contribution in [3.8, 4) is 0 Å². The summed E-state index contributed by atoms with van der Waals surface area (Å²) in [5.41, 5.74) is 1.05. The average molecular weight is 297 g/mol. The van der Waals surface area contributed by atoms with Crippen LogP contribution in [-0.4, -0.2) is 23.1 Å². The Labute approximate surface area is 122 Å². The number of nitrogens with one attached hydrogen (secondary N) is 2. The third-order valence-electron chi connectivity index (χ3n) is 2.72. The van der Waals surface area contributed by atoms with E-state index in [1.165, 1.54) is 4.88 Å². The molecule has 0 aliphatic carbocycles. The maximum absolute atomic E-state index is 5.91. The van der Waals surface area contributed by atoms with Crippen LogP contribution in [0.25, 0.3) is 0 Å². The summed E-state index contributed by atoms with van der Waals surface area (Å²) in [5, 5.41) is 6.56. The molecule has 19 heavy (non-hydrogen) atoms. The van der Waals surface area contributed by atoms with E-state index in [-0.39, 0.29) is 0 Å². The van der Waals surface area contributed by atoms with Gasteiger partial charge in [-0.25, -0.2) is 9.97 Å². The minimum atomic E-state index is 0.834. The van der Waals surface area contributed by atoms with E-state index in [2.05, 4.69) is 33.6 Å². The van der Waals surface area contributed by atoms with E-state index < -0.39 is 0 Å². The molecule has 0 aliphatic rings. The largest absolute Gasteiger partial charge is 0.370 e. The fourth-order valence-corrected chi connectivity index (χ4v) is 2.85. The third kappa shape index (κ3) is 3.81. The zero-order chi connectivity index (χ0) is 13.7. The van der Waals surface area contributed by atoms with Crippen LogP contribution in [-0.2, 0) is 6.42 Å². The highest BCUT2D eigenvalue weighted by molar-refractivity contribution is 7.16. The monoisotopic (exact) mass is 296 g/mol. The molecule has 0 amide bonds. The van der Waals surface area contributed by atoms with E-state index >= 15 is 0 Å². The van der Waals surface area contributed by atoms with Gasteiger partial charge in [-0.3, -0.25) is 0 Å². The summed E-state index contributed by atoms with van der Waals surface area (Å²) in [7, 11) is 0. The molecule has 2 heterocycles. The van der Waals surface area contributed by atoms with Crippen LogP contribution < -0.4 is 10.6 Å². The molecule has 102 valence electrons. The Morgan fingerprint density at radius 2 is 1.95 bits per heavy atom.